The molecule has 0 N–H and O–H groups in total. The second-order valence-corrected chi connectivity index (χ2v) is 38.7. The molecule has 2 heterocycles. The molecule has 0 fully saturated rings. The molecule has 0 saturated carbocycles. The Morgan fingerprint density at radius 1 is 0.517 bits per heavy atom. The summed E-state index contributed by atoms with van der Waals surface area (Å²) in [6, 6.07) is 52.4. The Kier molecular flexibility index (Phi) is 13.0. The van der Waals surface area contributed by atoms with Crippen molar-refractivity contribution >= 4 is 65.5 Å². The van der Waals surface area contributed by atoms with Crippen molar-refractivity contribution in [2.45, 2.75) is 53.6 Å². The number of furan rings is 2. The van der Waals surface area contributed by atoms with Crippen LogP contribution in [-0.2, 0) is 30.8 Å². The van der Waals surface area contributed by atoms with Crippen LogP contribution in [0.2, 0.25) is 13.1 Å². The van der Waals surface area contributed by atoms with Crippen LogP contribution >= 0.6 is 17.0 Å². The summed E-state index contributed by atoms with van der Waals surface area (Å²) < 4.78 is 11.9. The average molecular weight is 919 g/mol. The van der Waals surface area contributed by atoms with E-state index in [1.54, 1.807) is 0 Å². The normalized spacial score (nSPS) is 11.1. The van der Waals surface area contributed by atoms with Crippen molar-refractivity contribution in [3.05, 3.63) is 180 Å². The molecule has 0 unspecified atom stereocenters. The summed E-state index contributed by atoms with van der Waals surface area (Å²) in [5.41, 5.74) is 12.7. The predicted octanol–water partition coefficient (Wildman–Crippen LogP) is 17.2. The molecule has 0 bridgehead atoms. The molecule has 8 aromatic carbocycles. The van der Waals surface area contributed by atoms with E-state index in [0.717, 1.165) is 46.3 Å². The van der Waals surface area contributed by atoms with Gasteiger partial charge in [-0.1, -0.05) is 156 Å². The number of aryl methyl sites for hydroxylation is 4. The molecule has 2 aromatic heterocycles. The zero-order valence-electron chi connectivity index (χ0n) is 35.0. The summed E-state index contributed by atoms with van der Waals surface area (Å²) in [4.78, 5) is 0. The first-order valence-electron chi connectivity index (χ1n) is 20.6. The van der Waals surface area contributed by atoms with Gasteiger partial charge in [0.1, 0.15) is 0 Å². The molecule has 10 rings (SSSR count). The van der Waals surface area contributed by atoms with Crippen molar-refractivity contribution in [2.24, 2.45) is 0 Å². The standard InChI is InChI=1S/2C26H21O.C2H6Si.2ClH.Zr/c2*1-3-18-11-12-19-14-22(26-23-10-5-4-8-21(23)16-27-26)15-24(19)25(18)20-9-6-7-17(2)13-20;1-3-2;;;/h2*4-16H,3H2,1-2H3;1-2H3;2*1H;/q2*-1;;;;+2/p-2. The Labute approximate surface area is 368 Å². The Morgan fingerprint density at radius 3 is 1.32 bits per heavy atom. The van der Waals surface area contributed by atoms with E-state index in [9.17, 15) is 0 Å². The van der Waals surface area contributed by atoms with Gasteiger partial charge in [0.25, 0.3) is 0 Å². The predicted molar refractivity (Wildman–Crippen MR) is 258 cm³/mol. The molecule has 2 nitrogen and oxygen atoms in total. The quantitative estimate of drug-likeness (QED) is 0.123. The first-order chi connectivity index (χ1) is 29.1. The van der Waals surface area contributed by atoms with Crippen molar-refractivity contribution in [3.8, 4) is 44.9 Å². The van der Waals surface area contributed by atoms with Gasteiger partial charge in [-0.15, -0.1) is 57.9 Å². The van der Waals surface area contributed by atoms with E-state index in [1.807, 2.05) is 24.7 Å². The summed E-state index contributed by atoms with van der Waals surface area (Å²) in [7, 11) is 11.2. The van der Waals surface area contributed by atoms with E-state index in [2.05, 4.69) is 174 Å². The molecule has 0 atom stereocenters. The molecule has 0 aliphatic rings. The van der Waals surface area contributed by atoms with Gasteiger partial charge < -0.3 is 8.83 Å². The number of fused-ring (bicyclic) bond motifs is 4. The number of benzene rings is 6. The summed E-state index contributed by atoms with van der Waals surface area (Å²) in [5.74, 6) is 1.91. The van der Waals surface area contributed by atoms with Gasteiger partial charge in [-0.3, -0.25) is 0 Å². The Bertz CT molecular complexity index is 2940. The van der Waals surface area contributed by atoms with Crippen LogP contribution in [0, 0.1) is 13.8 Å². The minimum absolute atomic E-state index is 0.224. The van der Waals surface area contributed by atoms with Crippen LogP contribution < -0.4 is 0 Å². The molecule has 0 saturated heterocycles. The molecule has 6 heteroatoms. The first-order valence-corrected chi connectivity index (χ1v) is 33.2. The van der Waals surface area contributed by atoms with Gasteiger partial charge in [-0.2, -0.15) is 0 Å². The molecular formula is C54H48Cl2O2SiZr-2. The maximum atomic E-state index is 5.95. The van der Waals surface area contributed by atoms with Crippen LogP contribution in [0.3, 0.4) is 0 Å². The van der Waals surface area contributed by atoms with E-state index in [0.29, 0.717) is 0 Å². The third-order valence-corrected chi connectivity index (χ3v) is 31.0. The summed E-state index contributed by atoms with van der Waals surface area (Å²) in [6.45, 7) is 13.1. The third-order valence-electron chi connectivity index (χ3n) is 11.2. The van der Waals surface area contributed by atoms with Crippen LogP contribution in [0.25, 0.3) is 88.0 Å². The Morgan fingerprint density at radius 2 is 0.933 bits per heavy atom. The molecule has 0 aliphatic carbocycles. The van der Waals surface area contributed by atoms with Gasteiger partial charge in [0, 0.05) is 10.8 Å². The van der Waals surface area contributed by atoms with E-state index >= 15 is 0 Å². The molecule has 300 valence electrons. The Balaban J connectivity index is 0.000000147. The summed E-state index contributed by atoms with van der Waals surface area (Å²) in [5, 5.41) is 9.75. The van der Waals surface area contributed by atoms with Crippen molar-refractivity contribution in [2.75, 3.05) is 0 Å². The molecular weight excluding hydrogens is 871 g/mol. The monoisotopic (exact) mass is 916 g/mol. The van der Waals surface area contributed by atoms with E-state index < -0.39 is 18.0 Å². The SMILES string of the molecule is CCc1ccc2[cH-]c(-c3occ4ccccc34)cc2c1-c1cccc(C)c1.CCc1ccc2[cH-]c(-c3occ4ccccc34)cc2c1-c1cccc(C)c1.C[Si](C)=[Zr]([Cl])[Cl]. The molecule has 0 amide bonds. The van der Waals surface area contributed by atoms with Crippen molar-refractivity contribution in [1.29, 1.82) is 0 Å². The molecule has 10 aromatic rings. The molecule has 0 spiro atoms. The number of halogens is 2. The van der Waals surface area contributed by atoms with Crippen LogP contribution in [-0.4, -0.2) is 5.43 Å². The summed E-state index contributed by atoms with van der Waals surface area (Å²) >= 11 is -1.65. The van der Waals surface area contributed by atoms with Gasteiger partial charge in [-0.25, -0.2) is 0 Å². The average Bonchev–Trinajstić information content (AvgIpc) is 4.07. The van der Waals surface area contributed by atoms with E-state index in [4.69, 9.17) is 25.9 Å². The zero-order chi connectivity index (χ0) is 41.9. The van der Waals surface area contributed by atoms with Crippen LogP contribution in [0.5, 0.6) is 0 Å². The van der Waals surface area contributed by atoms with E-state index in [1.165, 1.54) is 76.8 Å². The molecule has 0 aliphatic heterocycles. The Hall–Kier alpha value is -4.70. The fourth-order valence-electron chi connectivity index (χ4n) is 8.22. The van der Waals surface area contributed by atoms with Gasteiger partial charge >= 0.3 is 53.5 Å². The summed E-state index contributed by atoms with van der Waals surface area (Å²) in [6.07, 6.45) is 5.73. The fraction of sp³-hybridized carbons (Fsp3) is 0.148. The van der Waals surface area contributed by atoms with Gasteiger partial charge in [0.05, 0.1) is 24.0 Å². The van der Waals surface area contributed by atoms with E-state index in [-0.39, 0.29) is 5.43 Å². The van der Waals surface area contributed by atoms with Crippen LogP contribution in [0.4, 0.5) is 0 Å². The van der Waals surface area contributed by atoms with Gasteiger partial charge in [-0.05, 0) is 59.7 Å². The van der Waals surface area contributed by atoms with Gasteiger partial charge in [0.15, 0.2) is 0 Å². The van der Waals surface area contributed by atoms with Crippen LogP contribution in [0.15, 0.2) is 167 Å². The minimum atomic E-state index is -1.65. The van der Waals surface area contributed by atoms with Crippen LogP contribution in [0.1, 0.15) is 36.1 Å². The number of hydrogen-bond acceptors (Lipinski definition) is 2. The second-order valence-electron chi connectivity index (χ2n) is 15.7. The fourth-order valence-corrected chi connectivity index (χ4v) is 8.22. The van der Waals surface area contributed by atoms with Gasteiger partial charge in [0.2, 0.25) is 0 Å². The maximum absolute atomic E-state index is 5.95. The second kappa shape index (κ2) is 18.5. The van der Waals surface area contributed by atoms with Crippen molar-refractivity contribution in [3.63, 3.8) is 0 Å². The molecule has 60 heavy (non-hydrogen) atoms. The van der Waals surface area contributed by atoms with Crippen molar-refractivity contribution < 1.29 is 26.8 Å². The van der Waals surface area contributed by atoms with Crippen molar-refractivity contribution in [1.82, 2.24) is 0 Å². The number of hydrogen-bond donors (Lipinski definition) is 0. The first kappa shape index (κ1) is 42.0. The number of rotatable bonds is 6. The third kappa shape index (κ3) is 8.72. The molecule has 0 radical (unpaired) electrons. The topological polar surface area (TPSA) is 26.3 Å². The zero-order valence-corrected chi connectivity index (χ0v) is 40.0.